The molecule has 5 aliphatic rings. The molecule has 1 amide bonds. The Morgan fingerprint density at radius 1 is 1.06 bits per heavy atom. The van der Waals surface area contributed by atoms with E-state index in [2.05, 4.69) is 24.2 Å². The number of aliphatic hydroxyl groups excluding tert-OH is 1. The number of aliphatic imine (C=N–C) groups is 1. The summed E-state index contributed by atoms with van der Waals surface area (Å²) in [5.74, 6) is -1.74. The van der Waals surface area contributed by atoms with Crippen LogP contribution in [0.1, 0.15) is 117 Å². The van der Waals surface area contributed by atoms with E-state index in [0.29, 0.717) is 51.0 Å². The summed E-state index contributed by atoms with van der Waals surface area (Å²) in [6, 6.07) is -0.988. The van der Waals surface area contributed by atoms with Crippen LogP contribution in [-0.2, 0) is 28.7 Å². The molecule has 0 radical (unpaired) electrons. The summed E-state index contributed by atoms with van der Waals surface area (Å²) >= 11 is 0. The van der Waals surface area contributed by atoms with E-state index in [1.54, 1.807) is 6.08 Å². The number of nitrogens with two attached hydrogens (primary N) is 2. The highest BCUT2D eigenvalue weighted by Crippen LogP contribution is 2.70. The van der Waals surface area contributed by atoms with Crippen molar-refractivity contribution in [1.82, 2.24) is 5.32 Å². The maximum atomic E-state index is 12.8. The van der Waals surface area contributed by atoms with Crippen LogP contribution in [0.25, 0.3) is 0 Å². The fraction of sp³-hybridized carbons (Fsp3) is 0.811. The zero-order valence-corrected chi connectivity index (χ0v) is 29.7. The molecule has 0 spiro atoms. The number of guanidine groups is 1. The molecule has 5 rings (SSSR count). The number of aliphatic carboxylic acids is 1. The summed E-state index contributed by atoms with van der Waals surface area (Å²) in [6.45, 7) is 4.95. The van der Waals surface area contributed by atoms with E-state index in [9.17, 15) is 34.5 Å². The minimum Gasteiger partial charge on any atom is -0.480 e. The summed E-state index contributed by atoms with van der Waals surface area (Å²) < 4.78 is 11.2. The first-order valence-corrected chi connectivity index (χ1v) is 18.7. The quantitative estimate of drug-likeness (QED) is 0.0629. The van der Waals surface area contributed by atoms with E-state index in [-0.39, 0.29) is 72.5 Å². The second kappa shape index (κ2) is 15.6. The van der Waals surface area contributed by atoms with Crippen LogP contribution in [0.2, 0.25) is 0 Å². The number of carbonyl (C=O) groups is 4. The largest absolute Gasteiger partial charge is 0.480 e. The molecule has 50 heavy (non-hydrogen) atoms. The van der Waals surface area contributed by atoms with Crippen molar-refractivity contribution in [3.63, 3.8) is 0 Å². The van der Waals surface area contributed by atoms with Gasteiger partial charge in [0.15, 0.2) is 5.96 Å². The van der Waals surface area contributed by atoms with Gasteiger partial charge in [-0.3, -0.25) is 14.6 Å². The molecule has 1 heterocycles. The molecular formula is C37H58N4O9. The maximum Gasteiger partial charge on any atom is 0.331 e. The highest BCUT2D eigenvalue weighted by atomic mass is 16.5. The predicted molar refractivity (Wildman–Crippen MR) is 184 cm³/mol. The van der Waals surface area contributed by atoms with Crippen LogP contribution in [0, 0.1) is 34.5 Å². The van der Waals surface area contributed by atoms with Gasteiger partial charge in [0.25, 0.3) is 0 Å². The number of ether oxygens (including phenoxy) is 2. The fourth-order valence-electron chi connectivity index (χ4n) is 10.8. The number of amides is 1. The van der Waals surface area contributed by atoms with E-state index in [1.807, 2.05) is 0 Å². The van der Waals surface area contributed by atoms with Gasteiger partial charge in [0.2, 0.25) is 5.91 Å². The molecule has 0 unspecified atom stereocenters. The summed E-state index contributed by atoms with van der Waals surface area (Å²) in [5, 5.41) is 36.2. The topological polar surface area (TPSA) is 224 Å². The second-order valence-electron chi connectivity index (χ2n) is 16.2. The zero-order valence-electron chi connectivity index (χ0n) is 29.7. The van der Waals surface area contributed by atoms with Crippen molar-refractivity contribution in [3.05, 3.63) is 11.6 Å². The van der Waals surface area contributed by atoms with Crippen LogP contribution in [0.5, 0.6) is 0 Å². The van der Waals surface area contributed by atoms with E-state index >= 15 is 0 Å². The lowest BCUT2D eigenvalue weighted by molar-refractivity contribution is -0.243. The van der Waals surface area contributed by atoms with Gasteiger partial charge in [0.05, 0.1) is 11.7 Å². The average Bonchev–Trinajstić information content (AvgIpc) is 3.59. The number of nitrogens with one attached hydrogen (secondary N) is 1. The molecule has 4 aliphatic carbocycles. The van der Waals surface area contributed by atoms with Crippen molar-refractivity contribution in [3.8, 4) is 0 Å². The van der Waals surface area contributed by atoms with Crippen LogP contribution < -0.4 is 16.8 Å². The Labute approximate surface area is 295 Å². The fourth-order valence-corrected chi connectivity index (χ4v) is 10.8. The van der Waals surface area contributed by atoms with Crippen molar-refractivity contribution < 1.29 is 44.0 Å². The third kappa shape index (κ3) is 7.83. The highest BCUT2D eigenvalue weighted by Gasteiger charge is 2.70. The molecular weight excluding hydrogens is 644 g/mol. The van der Waals surface area contributed by atoms with Gasteiger partial charge in [-0.1, -0.05) is 26.7 Å². The number of hydrogen-bond acceptors (Lipinski definition) is 9. The van der Waals surface area contributed by atoms with Crippen molar-refractivity contribution in [2.24, 2.45) is 51.0 Å². The highest BCUT2D eigenvalue weighted by molar-refractivity contribution is 5.85. The third-order valence-electron chi connectivity index (χ3n) is 13.3. The van der Waals surface area contributed by atoms with Crippen molar-refractivity contribution >= 4 is 29.8 Å². The van der Waals surface area contributed by atoms with Crippen LogP contribution in [0.3, 0.4) is 0 Å². The molecule has 8 N–H and O–H groups in total. The van der Waals surface area contributed by atoms with Crippen molar-refractivity contribution in [2.45, 2.75) is 140 Å². The normalized spacial score (nSPS) is 36.6. The predicted octanol–water partition coefficient (Wildman–Crippen LogP) is 3.09. The number of esters is 2. The molecule has 0 aromatic heterocycles. The number of rotatable bonds is 15. The minimum atomic E-state index is -1.10. The van der Waals surface area contributed by atoms with Crippen LogP contribution in [-0.4, -0.2) is 82.1 Å². The first-order valence-electron chi connectivity index (χ1n) is 18.7. The molecule has 13 nitrogen and oxygen atoms in total. The Bertz CT molecular complexity index is 1350. The Kier molecular flexibility index (Phi) is 11.9. The molecule has 4 fully saturated rings. The second-order valence-corrected chi connectivity index (χ2v) is 16.2. The number of hydrogen-bond donors (Lipinski definition) is 6. The SMILES string of the molecule is C[C@]12CC[C@H](OC(=O)CCCCCCC(=O)N[C@@H](CCCN=C(N)N)C(=O)O)C[C@H]1CC[C@@H]1[C@H]2[C@H](O)C[C@]2(C)[C@@H](C3=CC(=O)OC3)CC[C@]12O. The van der Waals surface area contributed by atoms with E-state index < -0.39 is 29.1 Å². The lowest BCUT2D eigenvalue weighted by Crippen LogP contribution is -2.66. The van der Waals surface area contributed by atoms with Gasteiger partial charge in [-0.25, -0.2) is 9.59 Å². The number of nitrogens with zero attached hydrogens (tertiary/aromatic N) is 1. The molecule has 0 aromatic rings. The van der Waals surface area contributed by atoms with Gasteiger partial charge in [0.1, 0.15) is 18.8 Å². The molecule has 10 atom stereocenters. The van der Waals surface area contributed by atoms with Crippen LogP contribution in [0.4, 0.5) is 0 Å². The minimum absolute atomic E-state index is 0.0191. The average molecular weight is 703 g/mol. The Balaban J connectivity index is 1.03. The monoisotopic (exact) mass is 702 g/mol. The van der Waals surface area contributed by atoms with Gasteiger partial charge in [-0.05, 0) is 112 Å². The van der Waals surface area contributed by atoms with E-state index in [1.165, 1.54) is 0 Å². The molecule has 0 saturated heterocycles. The Morgan fingerprint density at radius 2 is 1.80 bits per heavy atom. The molecule has 4 saturated carbocycles. The number of aliphatic hydroxyl groups is 2. The van der Waals surface area contributed by atoms with E-state index in [0.717, 1.165) is 56.9 Å². The van der Waals surface area contributed by atoms with Crippen molar-refractivity contribution in [2.75, 3.05) is 13.2 Å². The van der Waals surface area contributed by atoms with Crippen molar-refractivity contribution in [1.29, 1.82) is 0 Å². The van der Waals surface area contributed by atoms with Gasteiger partial charge < -0.3 is 41.6 Å². The smallest absolute Gasteiger partial charge is 0.331 e. The first kappa shape index (κ1) is 38.1. The molecule has 0 bridgehead atoms. The number of cyclic esters (lactones) is 1. The lowest BCUT2D eigenvalue weighted by Gasteiger charge is -2.65. The van der Waals surface area contributed by atoms with Crippen LogP contribution in [0.15, 0.2) is 16.6 Å². The number of unbranched alkanes of at least 4 members (excludes halogenated alkanes) is 3. The number of fused-ring (bicyclic) bond motifs is 5. The number of carboxylic acid groups (broad SMARTS) is 1. The standard InChI is InChI=1S/C37H58N4O9/c1-35-15-13-24(50-30(44)10-6-4-3-5-9-29(43)41-27(33(46)47)8-7-17-40-34(38)39)19-23(35)11-12-26-32(35)28(42)20-36(2)25(14-16-37(26,36)48)22-18-31(45)49-21-22/h18,23-28,32,42,48H,3-17,19-21H2,1-2H3,(H,41,43)(H,46,47)(H4,38,39,40)/t23-,24+,25-,26-,27+,28-,32+,35+,36-,37+/m1/s1. The van der Waals surface area contributed by atoms with Gasteiger partial charge in [0, 0.05) is 30.9 Å². The van der Waals surface area contributed by atoms with Gasteiger partial charge in [-0.15, -0.1) is 0 Å². The number of carbonyl (C=O) groups excluding carboxylic acids is 3. The third-order valence-corrected chi connectivity index (χ3v) is 13.3. The first-order chi connectivity index (χ1) is 23.7. The Hall–Kier alpha value is -3.19. The van der Waals surface area contributed by atoms with Gasteiger partial charge in [-0.2, -0.15) is 0 Å². The maximum absolute atomic E-state index is 12.8. The molecule has 13 heteroatoms. The lowest BCUT2D eigenvalue weighted by atomic mass is 9.42. The van der Waals surface area contributed by atoms with E-state index in [4.69, 9.17) is 20.9 Å². The summed E-state index contributed by atoms with van der Waals surface area (Å²) in [6.07, 6.45) is 10.9. The Morgan fingerprint density at radius 3 is 2.48 bits per heavy atom. The molecule has 280 valence electrons. The summed E-state index contributed by atoms with van der Waals surface area (Å²) in [7, 11) is 0. The molecule has 1 aliphatic heterocycles. The van der Waals surface area contributed by atoms with Gasteiger partial charge >= 0.3 is 17.9 Å². The summed E-state index contributed by atoms with van der Waals surface area (Å²) in [5.41, 5.74) is 9.92. The molecule has 0 aromatic carbocycles. The summed E-state index contributed by atoms with van der Waals surface area (Å²) in [4.78, 5) is 52.2. The van der Waals surface area contributed by atoms with Crippen LogP contribution >= 0.6 is 0 Å². The zero-order chi connectivity index (χ0) is 36.3. The number of carboxylic acids is 1.